The highest BCUT2D eigenvalue weighted by Crippen LogP contribution is 2.27. The van der Waals surface area contributed by atoms with Crippen LogP contribution < -0.4 is 0 Å². The average molecular weight is 272 g/mol. The molecule has 1 atom stereocenters. The van der Waals surface area contributed by atoms with Crippen molar-refractivity contribution in [2.24, 2.45) is 0 Å². The number of unbranched alkanes of at least 4 members (excludes halogenated alkanes) is 4. The molecule has 1 aromatic rings. The quantitative estimate of drug-likeness (QED) is 0.278. The lowest BCUT2D eigenvalue weighted by Crippen LogP contribution is -1.99. The second-order valence-corrected chi connectivity index (χ2v) is 5.55. The highest BCUT2D eigenvalue weighted by atomic mass is 16.1. The monoisotopic (exact) mass is 272 g/mol. The minimum atomic E-state index is 0.607. The normalized spacial score (nSPS) is 12.1. The van der Waals surface area contributed by atoms with E-state index in [-0.39, 0.29) is 0 Å². The van der Waals surface area contributed by atoms with Crippen molar-refractivity contribution in [2.75, 3.05) is 0 Å². The van der Waals surface area contributed by atoms with Gasteiger partial charge < -0.3 is 0 Å². The predicted molar refractivity (Wildman–Crippen MR) is 87.4 cm³/mol. The van der Waals surface area contributed by atoms with E-state index in [0.29, 0.717) is 5.92 Å². The van der Waals surface area contributed by atoms with Gasteiger partial charge in [0, 0.05) is 5.56 Å². The van der Waals surface area contributed by atoms with Crippen LogP contribution in [0.25, 0.3) is 0 Å². The van der Waals surface area contributed by atoms with Gasteiger partial charge in [0.15, 0.2) is 0 Å². The van der Waals surface area contributed by atoms with Gasteiger partial charge in [-0.05, 0) is 30.7 Å². The first-order valence-corrected chi connectivity index (χ1v) is 7.97. The smallest absolute Gasteiger partial charge is 0.150 e. The minimum Gasteiger partial charge on any atom is -0.298 e. The number of hydrogen-bond acceptors (Lipinski definition) is 1. The Bertz CT molecular complexity index is 377. The molecule has 0 bridgehead atoms. The number of aldehydes is 1. The Morgan fingerprint density at radius 1 is 1.05 bits per heavy atom. The van der Waals surface area contributed by atoms with E-state index >= 15 is 0 Å². The van der Waals surface area contributed by atoms with Crippen LogP contribution in [0.2, 0.25) is 0 Å². The van der Waals surface area contributed by atoms with Crippen molar-refractivity contribution in [1.82, 2.24) is 0 Å². The van der Waals surface area contributed by atoms with E-state index in [1.165, 1.54) is 44.1 Å². The summed E-state index contributed by atoms with van der Waals surface area (Å²) in [7, 11) is 0. The second-order valence-electron chi connectivity index (χ2n) is 5.55. The van der Waals surface area contributed by atoms with Crippen LogP contribution in [0.3, 0.4) is 0 Å². The van der Waals surface area contributed by atoms with Gasteiger partial charge in [-0.2, -0.15) is 0 Å². The summed E-state index contributed by atoms with van der Waals surface area (Å²) >= 11 is 0. The second kappa shape index (κ2) is 10.4. The third-order valence-corrected chi connectivity index (χ3v) is 3.92. The van der Waals surface area contributed by atoms with Gasteiger partial charge in [-0.25, -0.2) is 0 Å². The van der Waals surface area contributed by atoms with Crippen LogP contribution >= 0.6 is 0 Å². The largest absolute Gasteiger partial charge is 0.298 e. The third kappa shape index (κ3) is 6.18. The number of rotatable bonds is 11. The van der Waals surface area contributed by atoms with Gasteiger partial charge in [-0.15, -0.1) is 6.58 Å². The highest BCUT2D eigenvalue weighted by Gasteiger charge is 2.10. The zero-order valence-corrected chi connectivity index (χ0v) is 12.8. The van der Waals surface area contributed by atoms with E-state index in [4.69, 9.17) is 0 Å². The Labute approximate surface area is 124 Å². The maximum Gasteiger partial charge on any atom is 0.150 e. The average Bonchev–Trinajstić information content (AvgIpc) is 2.50. The molecule has 0 saturated carbocycles. The summed E-state index contributed by atoms with van der Waals surface area (Å²) in [5.74, 6) is 0.607. The molecule has 0 saturated heterocycles. The molecule has 0 heterocycles. The van der Waals surface area contributed by atoms with Crippen molar-refractivity contribution in [1.29, 1.82) is 0 Å². The molecule has 0 amide bonds. The van der Waals surface area contributed by atoms with Crippen LogP contribution in [0, 0.1) is 0 Å². The molecule has 0 N–H and O–H groups in total. The van der Waals surface area contributed by atoms with Crippen molar-refractivity contribution in [3.05, 3.63) is 48.0 Å². The van der Waals surface area contributed by atoms with Crippen LogP contribution in [-0.2, 0) is 0 Å². The van der Waals surface area contributed by atoms with Crippen LogP contribution in [0.1, 0.15) is 80.1 Å². The Hall–Kier alpha value is -1.37. The summed E-state index contributed by atoms with van der Waals surface area (Å²) in [6.45, 7) is 6.08. The maximum atomic E-state index is 10.7. The Morgan fingerprint density at radius 2 is 1.75 bits per heavy atom. The Balaban J connectivity index is 2.52. The van der Waals surface area contributed by atoms with Crippen LogP contribution in [0.5, 0.6) is 0 Å². The van der Waals surface area contributed by atoms with E-state index in [9.17, 15) is 4.79 Å². The van der Waals surface area contributed by atoms with E-state index in [2.05, 4.69) is 25.6 Å². The van der Waals surface area contributed by atoms with Crippen molar-refractivity contribution >= 4 is 6.29 Å². The number of carbonyl (C=O) groups is 1. The van der Waals surface area contributed by atoms with E-state index in [1.807, 2.05) is 18.2 Å². The lowest BCUT2D eigenvalue weighted by molar-refractivity contribution is 0.112. The van der Waals surface area contributed by atoms with Gasteiger partial charge in [0.25, 0.3) is 0 Å². The van der Waals surface area contributed by atoms with Gasteiger partial charge in [-0.3, -0.25) is 4.79 Å². The van der Waals surface area contributed by atoms with Crippen LogP contribution in [-0.4, -0.2) is 6.29 Å². The van der Waals surface area contributed by atoms with Crippen LogP contribution in [0.4, 0.5) is 0 Å². The number of carbonyl (C=O) groups excluding carboxylic acids is 1. The summed E-state index contributed by atoms with van der Waals surface area (Å²) < 4.78 is 0. The maximum absolute atomic E-state index is 10.7. The summed E-state index contributed by atoms with van der Waals surface area (Å²) in [5, 5.41) is 0. The van der Waals surface area contributed by atoms with Gasteiger partial charge in [0.2, 0.25) is 0 Å². The van der Waals surface area contributed by atoms with E-state index < -0.39 is 0 Å². The molecule has 0 aliphatic carbocycles. The molecule has 1 heteroatoms. The fourth-order valence-corrected chi connectivity index (χ4v) is 2.64. The van der Waals surface area contributed by atoms with Gasteiger partial charge in [-0.1, -0.05) is 69.4 Å². The molecule has 1 nitrogen and oxygen atoms in total. The lowest BCUT2D eigenvalue weighted by Gasteiger charge is -2.17. The molecule has 1 aromatic carbocycles. The van der Waals surface area contributed by atoms with Gasteiger partial charge >= 0.3 is 0 Å². The number of hydrogen-bond donors (Lipinski definition) is 0. The van der Waals surface area contributed by atoms with Crippen LogP contribution in [0.15, 0.2) is 36.9 Å². The van der Waals surface area contributed by atoms with Gasteiger partial charge in [0.05, 0.1) is 0 Å². The van der Waals surface area contributed by atoms with Crippen molar-refractivity contribution in [3.8, 4) is 0 Å². The van der Waals surface area contributed by atoms with E-state index in [1.54, 1.807) is 0 Å². The lowest BCUT2D eigenvalue weighted by atomic mass is 9.88. The standard InChI is InChI=1S/C19H28O/c1-3-5-7-8-9-11-18(10-6-4-2)19-14-12-17(16-20)13-15-19/h4,12-16,18H,2-3,5-11H2,1H3. The molecule has 0 radical (unpaired) electrons. The summed E-state index contributed by atoms with van der Waals surface area (Å²) in [6.07, 6.45) is 13.0. The summed E-state index contributed by atoms with van der Waals surface area (Å²) in [5.41, 5.74) is 2.13. The van der Waals surface area contributed by atoms with Crippen molar-refractivity contribution < 1.29 is 4.79 Å². The number of allylic oxidation sites excluding steroid dienone is 1. The van der Waals surface area contributed by atoms with Gasteiger partial charge in [0.1, 0.15) is 6.29 Å². The Morgan fingerprint density at radius 3 is 2.35 bits per heavy atom. The molecule has 1 unspecified atom stereocenters. The SMILES string of the molecule is C=CCCC(CCCCCCC)c1ccc(C=O)cc1. The van der Waals surface area contributed by atoms with Crippen molar-refractivity contribution in [3.63, 3.8) is 0 Å². The fourth-order valence-electron chi connectivity index (χ4n) is 2.64. The summed E-state index contributed by atoms with van der Waals surface area (Å²) in [6, 6.07) is 8.09. The molecule has 20 heavy (non-hydrogen) atoms. The third-order valence-electron chi connectivity index (χ3n) is 3.92. The molecular formula is C19H28O. The first-order chi connectivity index (χ1) is 9.81. The topological polar surface area (TPSA) is 17.1 Å². The predicted octanol–water partition coefficient (Wildman–Crippen LogP) is 5.91. The molecule has 0 aromatic heterocycles. The molecule has 0 aliphatic rings. The highest BCUT2D eigenvalue weighted by molar-refractivity contribution is 5.74. The zero-order chi connectivity index (χ0) is 14.6. The molecule has 110 valence electrons. The first kappa shape index (κ1) is 16.7. The molecule has 1 rings (SSSR count). The zero-order valence-electron chi connectivity index (χ0n) is 12.8. The number of benzene rings is 1. The first-order valence-electron chi connectivity index (χ1n) is 7.97. The van der Waals surface area contributed by atoms with Crippen molar-refractivity contribution in [2.45, 2.75) is 64.2 Å². The summed E-state index contributed by atoms with van der Waals surface area (Å²) in [4.78, 5) is 10.7. The molecule has 0 aliphatic heterocycles. The molecule has 0 spiro atoms. The fraction of sp³-hybridized carbons (Fsp3) is 0.526. The molecule has 0 fully saturated rings. The molecular weight excluding hydrogens is 244 g/mol. The Kier molecular flexibility index (Phi) is 8.69. The van der Waals surface area contributed by atoms with E-state index in [0.717, 1.165) is 24.7 Å². The minimum absolute atomic E-state index is 0.607.